The van der Waals surface area contributed by atoms with Crippen molar-refractivity contribution >= 4 is 0 Å². The van der Waals surface area contributed by atoms with E-state index in [-0.39, 0.29) is 0 Å². The second kappa shape index (κ2) is 7.43. The summed E-state index contributed by atoms with van der Waals surface area (Å²) in [6.07, 6.45) is 7.17. The summed E-state index contributed by atoms with van der Waals surface area (Å²) in [5, 5.41) is 0. The van der Waals surface area contributed by atoms with E-state index >= 15 is 0 Å². The quantitative estimate of drug-likeness (QED) is 0.725. The van der Waals surface area contributed by atoms with Crippen LogP contribution >= 0.6 is 0 Å². The van der Waals surface area contributed by atoms with Crippen LogP contribution in [0.5, 0.6) is 11.8 Å². The fourth-order valence-electron chi connectivity index (χ4n) is 1.64. The van der Waals surface area contributed by atoms with Crippen molar-refractivity contribution < 1.29 is 9.47 Å². The molecule has 0 saturated heterocycles. The van der Waals surface area contributed by atoms with Crippen molar-refractivity contribution in [2.45, 2.75) is 26.7 Å². The minimum Gasteiger partial charge on any atom is -0.478 e. The number of nitrogens with zero attached hydrogens (tertiary/aromatic N) is 3. The van der Waals surface area contributed by atoms with Crippen molar-refractivity contribution in [2.24, 2.45) is 0 Å². The highest BCUT2D eigenvalue weighted by Gasteiger charge is 2.04. The molecule has 5 heteroatoms. The van der Waals surface area contributed by atoms with Crippen LogP contribution in [-0.4, -0.2) is 28.2 Å². The first-order chi connectivity index (χ1) is 9.83. The fraction of sp³-hybridized carbons (Fsp3) is 0.400. The van der Waals surface area contributed by atoms with E-state index in [0.29, 0.717) is 25.0 Å². The Bertz CT molecular complexity index is 529. The van der Waals surface area contributed by atoms with Crippen molar-refractivity contribution in [3.05, 3.63) is 30.7 Å². The standard InChI is InChI=1S/C15H19N3O2/c1-3-5-8-20-14-7-6-12(9-17-14)13-10-16-11-15(18-13)19-4-2/h6-7,9-11H,3-5,8H2,1-2H3. The van der Waals surface area contributed by atoms with Crippen molar-refractivity contribution in [1.29, 1.82) is 0 Å². The van der Waals surface area contributed by atoms with E-state index in [1.807, 2.05) is 19.1 Å². The molecule has 2 rings (SSSR count). The van der Waals surface area contributed by atoms with Gasteiger partial charge in [-0.25, -0.2) is 9.97 Å². The number of hydrogen-bond donors (Lipinski definition) is 0. The van der Waals surface area contributed by atoms with E-state index in [2.05, 4.69) is 21.9 Å². The van der Waals surface area contributed by atoms with Gasteiger partial charge < -0.3 is 9.47 Å². The van der Waals surface area contributed by atoms with Crippen molar-refractivity contribution in [3.8, 4) is 23.0 Å². The van der Waals surface area contributed by atoms with Crippen molar-refractivity contribution in [2.75, 3.05) is 13.2 Å². The molecule has 0 bridgehead atoms. The first kappa shape index (κ1) is 14.2. The third-order valence-electron chi connectivity index (χ3n) is 2.68. The van der Waals surface area contributed by atoms with Crippen molar-refractivity contribution in [3.63, 3.8) is 0 Å². The zero-order valence-corrected chi connectivity index (χ0v) is 11.9. The van der Waals surface area contributed by atoms with Gasteiger partial charge in [0.25, 0.3) is 0 Å². The molecule has 5 nitrogen and oxygen atoms in total. The Hall–Kier alpha value is -2.17. The van der Waals surface area contributed by atoms with Gasteiger partial charge in [-0.1, -0.05) is 13.3 Å². The van der Waals surface area contributed by atoms with Gasteiger partial charge in [0.15, 0.2) is 0 Å². The van der Waals surface area contributed by atoms with Gasteiger partial charge in [0.1, 0.15) is 0 Å². The minimum absolute atomic E-state index is 0.522. The zero-order chi connectivity index (χ0) is 14.2. The van der Waals surface area contributed by atoms with Gasteiger partial charge in [-0.3, -0.25) is 4.98 Å². The van der Waals surface area contributed by atoms with E-state index < -0.39 is 0 Å². The summed E-state index contributed by atoms with van der Waals surface area (Å²) in [6.45, 7) is 5.31. The molecule has 0 aliphatic carbocycles. The molecule has 0 N–H and O–H groups in total. The Morgan fingerprint density at radius 3 is 2.60 bits per heavy atom. The molecular weight excluding hydrogens is 254 g/mol. The molecule has 20 heavy (non-hydrogen) atoms. The molecule has 0 aromatic carbocycles. The molecule has 2 heterocycles. The Morgan fingerprint density at radius 2 is 1.90 bits per heavy atom. The molecule has 0 unspecified atom stereocenters. The number of unbranched alkanes of at least 4 members (excludes halogenated alkanes) is 1. The van der Waals surface area contributed by atoms with E-state index in [1.54, 1.807) is 18.6 Å². The van der Waals surface area contributed by atoms with Crippen LogP contribution in [0.25, 0.3) is 11.3 Å². The highest BCUT2D eigenvalue weighted by molar-refractivity contribution is 5.57. The van der Waals surface area contributed by atoms with E-state index in [4.69, 9.17) is 9.47 Å². The lowest BCUT2D eigenvalue weighted by Crippen LogP contribution is -1.99. The molecule has 0 saturated carbocycles. The number of pyridine rings is 1. The Morgan fingerprint density at radius 1 is 1.00 bits per heavy atom. The number of hydrogen-bond acceptors (Lipinski definition) is 5. The van der Waals surface area contributed by atoms with Gasteiger partial charge in [-0.2, -0.15) is 0 Å². The predicted molar refractivity (Wildman–Crippen MR) is 76.8 cm³/mol. The molecule has 0 atom stereocenters. The zero-order valence-electron chi connectivity index (χ0n) is 11.9. The number of aromatic nitrogens is 3. The molecule has 2 aromatic heterocycles. The maximum Gasteiger partial charge on any atom is 0.232 e. The summed E-state index contributed by atoms with van der Waals surface area (Å²) in [5.41, 5.74) is 1.63. The second-order valence-electron chi connectivity index (χ2n) is 4.26. The maximum absolute atomic E-state index is 5.53. The van der Waals surface area contributed by atoms with Gasteiger partial charge >= 0.3 is 0 Å². The maximum atomic E-state index is 5.53. The summed E-state index contributed by atoms with van der Waals surface area (Å²) in [4.78, 5) is 12.8. The smallest absolute Gasteiger partial charge is 0.232 e. The molecule has 0 radical (unpaired) electrons. The monoisotopic (exact) mass is 273 g/mol. The Balaban J connectivity index is 2.07. The van der Waals surface area contributed by atoms with Crippen LogP contribution in [0.1, 0.15) is 26.7 Å². The van der Waals surface area contributed by atoms with Crippen LogP contribution in [0.2, 0.25) is 0 Å². The first-order valence-corrected chi connectivity index (χ1v) is 6.87. The average Bonchev–Trinajstić information content (AvgIpc) is 2.49. The summed E-state index contributed by atoms with van der Waals surface area (Å²) < 4.78 is 10.9. The van der Waals surface area contributed by atoms with Crippen LogP contribution in [0, 0.1) is 0 Å². The summed E-state index contributed by atoms with van der Waals surface area (Å²) in [7, 11) is 0. The summed E-state index contributed by atoms with van der Waals surface area (Å²) >= 11 is 0. The topological polar surface area (TPSA) is 57.1 Å². The number of rotatable bonds is 7. The van der Waals surface area contributed by atoms with Crippen LogP contribution < -0.4 is 9.47 Å². The summed E-state index contributed by atoms with van der Waals surface area (Å²) in [6, 6.07) is 3.77. The first-order valence-electron chi connectivity index (χ1n) is 6.87. The second-order valence-corrected chi connectivity index (χ2v) is 4.26. The van der Waals surface area contributed by atoms with E-state index in [9.17, 15) is 0 Å². The lowest BCUT2D eigenvalue weighted by Gasteiger charge is -2.06. The molecule has 0 spiro atoms. The lowest BCUT2D eigenvalue weighted by atomic mass is 10.2. The lowest BCUT2D eigenvalue weighted by molar-refractivity contribution is 0.298. The van der Waals surface area contributed by atoms with Gasteiger partial charge in [0, 0.05) is 17.8 Å². The molecule has 0 aliphatic rings. The SMILES string of the molecule is CCCCOc1ccc(-c2cncc(OCC)n2)cn1. The van der Waals surface area contributed by atoms with Gasteiger partial charge in [0.05, 0.1) is 31.3 Å². The third kappa shape index (κ3) is 3.91. The van der Waals surface area contributed by atoms with E-state index in [0.717, 1.165) is 24.1 Å². The molecule has 0 fully saturated rings. The number of ether oxygens (including phenoxy) is 2. The van der Waals surface area contributed by atoms with E-state index in [1.165, 1.54) is 0 Å². The average molecular weight is 273 g/mol. The predicted octanol–water partition coefficient (Wildman–Crippen LogP) is 3.12. The largest absolute Gasteiger partial charge is 0.478 e. The van der Waals surface area contributed by atoms with Gasteiger partial charge in [-0.15, -0.1) is 0 Å². The molecule has 106 valence electrons. The molecular formula is C15H19N3O2. The Kier molecular flexibility index (Phi) is 5.29. The highest BCUT2D eigenvalue weighted by Crippen LogP contribution is 2.19. The normalized spacial score (nSPS) is 10.3. The minimum atomic E-state index is 0.522. The van der Waals surface area contributed by atoms with Gasteiger partial charge in [-0.05, 0) is 19.4 Å². The van der Waals surface area contributed by atoms with Gasteiger partial charge in [0.2, 0.25) is 11.8 Å². The van der Waals surface area contributed by atoms with Crippen molar-refractivity contribution in [1.82, 2.24) is 15.0 Å². The fourth-order valence-corrected chi connectivity index (χ4v) is 1.64. The Labute approximate surface area is 119 Å². The van der Waals surface area contributed by atoms with Crippen LogP contribution in [0.4, 0.5) is 0 Å². The summed E-state index contributed by atoms with van der Waals surface area (Å²) in [5.74, 6) is 1.16. The van der Waals surface area contributed by atoms with Crippen LogP contribution in [0.15, 0.2) is 30.7 Å². The van der Waals surface area contributed by atoms with Crippen LogP contribution in [0.3, 0.4) is 0 Å². The van der Waals surface area contributed by atoms with Crippen LogP contribution in [-0.2, 0) is 0 Å². The molecule has 0 amide bonds. The molecule has 2 aromatic rings. The highest BCUT2D eigenvalue weighted by atomic mass is 16.5. The third-order valence-corrected chi connectivity index (χ3v) is 2.68. The molecule has 0 aliphatic heterocycles.